The lowest BCUT2D eigenvalue weighted by Gasteiger charge is -2.32. The predicted molar refractivity (Wildman–Crippen MR) is 47.6 cm³/mol. The molecule has 1 aromatic carbocycles. The van der Waals surface area contributed by atoms with Crippen molar-refractivity contribution in [1.29, 1.82) is 0 Å². The first-order chi connectivity index (χ1) is 7.51. The molecule has 2 aliphatic rings. The first-order valence-electron chi connectivity index (χ1n) is 4.25. The Morgan fingerprint density at radius 1 is 1.12 bits per heavy atom. The number of fused-ring (bicyclic) bond motifs is 1. The fourth-order valence-electron chi connectivity index (χ4n) is 1.43. The van der Waals surface area contributed by atoms with Gasteiger partial charge in [0.15, 0.2) is 0 Å². The highest BCUT2D eigenvalue weighted by atomic mass is 32.3. The molecule has 0 aromatic heterocycles. The Balaban J connectivity index is 2.22. The van der Waals surface area contributed by atoms with Crippen LogP contribution in [0.2, 0.25) is 0 Å². The van der Waals surface area contributed by atoms with Crippen LogP contribution in [-0.4, -0.2) is 20.2 Å². The van der Waals surface area contributed by atoms with Gasteiger partial charge >= 0.3 is 22.2 Å². The topological polar surface area (TPSA) is 94.4 Å². The molecule has 0 radical (unpaired) electrons. The van der Waals surface area contributed by atoms with E-state index in [9.17, 15) is 13.2 Å². The van der Waals surface area contributed by atoms with E-state index in [1.54, 1.807) is 24.3 Å². The van der Waals surface area contributed by atoms with Crippen molar-refractivity contribution in [2.75, 3.05) is 0 Å². The van der Waals surface area contributed by atoms with E-state index in [0.717, 1.165) is 0 Å². The van der Waals surface area contributed by atoms with Crippen LogP contribution in [0.3, 0.4) is 0 Å². The average Bonchev–Trinajstić information content (AvgIpc) is 2.16. The van der Waals surface area contributed by atoms with Crippen LogP contribution in [0.5, 0.6) is 0 Å². The van der Waals surface area contributed by atoms with Gasteiger partial charge in [0, 0.05) is 0 Å². The van der Waals surface area contributed by atoms with Crippen molar-refractivity contribution < 1.29 is 21.6 Å². The molecule has 1 saturated heterocycles. The zero-order valence-corrected chi connectivity index (χ0v) is 8.47. The number of nitrogens with zero attached hydrogens (tertiary/aromatic N) is 2. The molecule has 0 saturated carbocycles. The summed E-state index contributed by atoms with van der Waals surface area (Å²) >= 11 is 0. The average molecular weight is 240 g/mol. The largest absolute Gasteiger partial charge is 0.409 e. The lowest BCUT2D eigenvalue weighted by atomic mass is 10.3. The molecule has 0 aliphatic carbocycles. The molecule has 0 unspecified atom stereocenters. The second-order valence-corrected chi connectivity index (χ2v) is 4.32. The molecule has 1 spiro atoms. The molecular formula is C8H4N2O5S. The monoisotopic (exact) mass is 240 g/mol. The van der Waals surface area contributed by atoms with Crippen LogP contribution < -0.4 is 10.7 Å². The Hall–Kier alpha value is -1.64. The maximum atomic E-state index is 11.5. The van der Waals surface area contributed by atoms with Crippen LogP contribution in [0.1, 0.15) is 0 Å². The van der Waals surface area contributed by atoms with Crippen LogP contribution in [0.15, 0.2) is 34.3 Å². The molecule has 1 fully saturated rings. The van der Waals surface area contributed by atoms with Gasteiger partial charge in [0.05, 0.1) is 10.7 Å². The minimum absolute atomic E-state index is 0.344. The highest BCUT2D eigenvalue weighted by Gasteiger charge is 2.60. The number of hydrogen-bond donors (Lipinski definition) is 0. The Kier molecular flexibility index (Phi) is 1.63. The smallest absolute Gasteiger partial charge is 0.264 e. The van der Waals surface area contributed by atoms with Crippen LogP contribution in [0.25, 0.3) is 0 Å². The summed E-state index contributed by atoms with van der Waals surface area (Å²) in [6.07, 6.45) is 0. The summed E-state index contributed by atoms with van der Waals surface area (Å²) in [4.78, 5) is 18.9. The molecule has 16 heavy (non-hydrogen) atoms. The van der Waals surface area contributed by atoms with Crippen molar-refractivity contribution in [3.8, 4) is 0 Å². The van der Waals surface area contributed by atoms with E-state index in [1.807, 2.05) is 0 Å². The molecule has 7 nitrogen and oxygen atoms in total. The maximum Gasteiger partial charge on any atom is 0.409 e. The second-order valence-electron chi connectivity index (χ2n) is 3.17. The molecular weight excluding hydrogens is 236 g/mol. The third-order valence-corrected chi connectivity index (χ3v) is 2.93. The molecule has 0 N–H and O–H groups in total. The second kappa shape index (κ2) is 2.73. The molecule has 3 rings (SSSR count). The molecule has 0 atom stereocenters. The lowest BCUT2D eigenvalue weighted by molar-refractivity contribution is -0.193. The number of benzene rings is 1. The number of hydrogen-bond acceptors (Lipinski definition) is 6. The van der Waals surface area contributed by atoms with Gasteiger partial charge in [-0.15, -0.1) is 0 Å². The zero-order chi connectivity index (χ0) is 11.4. The van der Waals surface area contributed by atoms with Gasteiger partial charge in [0.2, 0.25) is 0 Å². The quantitative estimate of drug-likeness (QED) is 0.545. The molecule has 0 bridgehead atoms. The number of rotatable bonds is 0. The van der Waals surface area contributed by atoms with Gasteiger partial charge < -0.3 is 0 Å². The molecule has 2 aliphatic heterocycles. The van der Waals surface area contributed by atoms with Crippen LogP contribution >= 0.6 is 0 Å². The van der Waals surface area contributed by atoms with Crippen molar-refractivity contribution in [2.45, 2.75) is 5.91 Å². The summed E-state index contributed by atoms with van der Waals surface area (Å²) in [5.41, 5.74) is 0. The van der Waals surface area contributed by atoms with E-state index >= 15 is 0 Å². The van der Waals surface area contributed by atoms with Gasteiger partial charge in [0.25, 0.3) is 0 Å². The summed E-state index contributed by atoms with van der Waals surface area (Å²) in [7, 11) is -4.10. The van der Waals surface area contributed by atoms with E-state index in [1.165, 1.54) is 0 Å². The third kappa shape index (κ3) is 1.21. The Morgan fingerprint density at radius 3 is 2.38 bits per heavy atom. The Labute approximate surface area is 89.4 Å². The van der Waals surface area contributed by atoms with Crippen molar-refractivity contribution in [2.24, 2.45) is 9.98 Å². The maximum absolute atomic E-state index is 11.5. The van der Waals surface area contributed by atoms with Gasteiger partial charge in [0.1, 0.15) is 0 Å². The molecule has 1 amide bonds. The summed E-state index contributed by atoms with van der Waals surface area (Å²) in [5, 5.41) is 0.701. The van der Waals surface area contributed by atoms with Crippen molar-refractivity contribution in [3.63, 3.8) is 0 Å². The fraction of sp³-hybridized carbons (Fsp3) is 0.125. The first-order valence-corrected chi connectivity index (χ1v) is 5.58. The van der Waals surface area contributed by atoms with E-state index in [2.05, 4.69) is 18.4 Å². The van der Waals surface area contributed by atoms with Crippen molar-refractivity contribution in [1.82, 2.24) is 0 Å². The third-order valence-electron chi connectivity index (χ3n) is 2.07. The Morgan fingerprint density at radius 2 is 1.75 bits per heavy atom. The van der Waals surface area contributed by atoms with E-state index in [-0.39, 0.29) is 0 Å². The highest BCUT2D eigenvalue weighted by molar-refractivity contribution is 7.83. The van der Waals surface area contributed by atoms with E-state index in [0.29, 0.717) is 10.7 Å². The SMILES string of the molecule is O=C1N=c2ccccc2=NC12OS(=O)(=O)O2. The number of para-hydroxylation sites is 2. The summed E-state index contributed by atoms with van der Waals surface area (Å²) in [6, 6.07) is 6.51. The van der Waals surface area contributed by atoms with E-state index < -0.39 is 22.2 Å². The van der Waals surface area contributed by atoms with Crippen LogP contribution in [0, 0.1) is 0 Å². The minimum Gasteiger partial charge on any atom is -0.264 e. The number of carbonyl (C=O) groups excluding carboxylic acids is 1. The highest BCUT2D eigenvalue weighted by Crippen LogP contribution is 2.33. The fourth-order valence-corrected chi connectivity index (χ4v) is 2.21. The molecule has 82 valence electrons. The molecule has 8 heteroatoms. The van der Waals surface area contributed by atoms with Gasteiger partial charge in [-0.25, -0.2) is 9.98 Å². The van der Waals surface area contributed by atoms with E-state index in [4.69, 9.17) is 0 Å². The predicted octanol–water partition coefficient (Wildman–Crippen LogP) is -1.59. The van der Waals surface area contributed by atoms with Gasteiger partial charge in [-0.3, -0.25) is 4.79 Å². The van der Waals surface area contributed by atoms with Crippen LogP contribution in [-0.2, 0) is 23.6 Å². The van der Waals surface area contributed by atoms with Crippen molar-refractivity contribution >= 4 is 16.3 Å². The first kappa shape index (κ1) is 9.58. The van der Waals surface area contributed by atoms with Crippen molar-refractivity contribution in [3.05, 3.63) is 35.0 Å². The van der Waals surface area contributed by atoms with Gasteiger partial charge in [-0.1, -0.05) is 12.1 Å². The molecule has 1 aromatic rings. The van der Waals surface area contributed by atoms with Crippen LogP contribution in [0.4, 0.5) is 0 Å². The summed E-state index contributed by atoms with van der Waals surface area (Å²) in [5.74, 6) is -3.02. The number of carbonyl (C=O) groups is 1. The zero-order valence-electron chi connectivity index (χ0n) is 7.65. The lowest BCUT2D eigenvalue weighted by Crippen LogP contribution is -2.58. The Bertz CT molecular complexity index is 696. The molecule has 2 heterocycles. The normalized spacial score (nSPS) is 23.9. The standard InChI is InChI=1S/C8H4N2O5S/c11-7-8(14-16(12,13)15-8)10-6-4-2-1-3-5(6)9-7/h1-4H. The van der Waals surface area contributed by atoms with Gasteiger partial charge in [-0.05, 0) is 12.1 Å². The number of amides is 1. The summed E-state index contributed by atoms with van der Waals surface area (Å²) in [6.45, 7) is 0. The minimum atomic E-state index is -4.10. The van der Waals surface area contributed by atoms with Gasteiger partial charge in [-0.2, -0.15) is 16.8 Å². The summed E-state index contributed by atoms with van der Waals surface area (Å²) < 4.78 is 30.2.